The SMILES string of the molecule is COc1ccc(C[NH+]2COc3c(cc4c(-c5ccccc5)cc(=O)oc4c3C)C2)cc1. The lowest BCUT2D eigenvalue weighted by Crippen LogP contribution is -3.10. The molecule has 1 aliphatic heterocycles. The maximum absolute atomic E-state index is 12.3. The molecule has 1 atom stereocenters. The second-order valence-corrected chi connectivity index (χ2v) is 7.95. The first-order valence-corrected chi connectivity index (χ1v) is 10.4. The molecule has 2 heterocycles. The molecule has 5 nitrogen and oxygen atoms in total. The summed E-state index contributed by atoms with van der Waals surface area (Å²) in [6.07, 6.45) is 0. The fourth-order valence-corrected chi connectivity index (χ4v) is 4.34. The van der Waals surface area contributed by atoms with E-state index in [-0.39, 0.29) is 5.63 Å². The van der Waals surface area contributed by atoms with E-state index >= 15 is 0 Å². The highest BCUT2D eigenvalue weighted by atomic mass is 16.5. The van der Waals surface area contributed by atoms with Crippen molar-refractivity contribution in [1.29, 1.82) is 0 Å². The number of rotatable bonds is 4. The molecule has 0 spiro atoms. The first-order chi connectivity index (χ1) is 15.1. The van der Waals surface area contributed by atoms with Gasteiger partial charge in [0.25, 0.3) is 0 Å². The van der Waals surface area contributed by atoms with E-state index in [1.54, 1.807) is 13.2 Å². The van der Waals surface area contributed by atoms with Gasteiger partial charge >= 0.3 is 5.63 Å². The van der Waals surface area contributed by atoms with Crippen LogP contribution in [0.5, 0.6) is 11.5 Å². The number of aryl methyl sites for hydroxylation is 1. The normalized spacial score (nSPS) is 15.4. The summed E-state index contributed by atoms with van der Waals surface area (Å²) in [5, 5.41) is 0.941. The molecular weight excluding hydrogens is 390 g/mol. The van der Waals surface area contributed by atoms with E-state index in [9.17, 15) is 4.79 Å². The summed E-state index contributed by atoms with van der Waals surface area (Å²) in [4.78, 5) is 13.6. The Bertz CT molecular complexity index is 1290. The quantitative estimate of drug-likeness (QED) is 0.517. The fraction of sp³-hybridized carbons (Fsp3) is 0.192. The largest absolute Gasteiger partial charge is 0.497 e. The van der Waals surface area contributed by atoms with Gasteiger partial charge in [-0.3, -0.25) is 4.90 Å². The third kappa shape index (κ3) is 3.68. The first-order valence-electron chi connectivity index (χ1n) is 10.4. The van der Waals surface area contributed by atoms with Gasteiger partial charge in [-0.2, -0.15) is 0 Å². The van der Waals surface area contributed by atoms with Crippen LogP contribution in [-0.4, -0.2) is 13.8 Å². The average Bonchev–Trinajstić information content (AvgIpc) is 2.80. The Balaban J connectivity index is 1.53. The minimum Gasteiger partial charge on any atom is -0.497 e. The number of quaternary nitrogens is 1. The van der Waals surface area contributed by atoms with Gasteiger partial charge < -0.3 is 13.9 Å². The monoisotopic (exact) mass is 414 g/mol. The summed E-state index contributed by atoms with van der Waals surface area (Å²) in [5.41, 5.74) is 5.38. The zero-order chi connectivity index (χ0) is 21.4. The molecule has 0 bridgehead atoms. The average molecular weight is 414 g/mol. The molecule has 1 N–H and O–H groups in total. The maximum atomic E-state index is 12.3. The van der Waals surface area contributed by atoms with Crippen LogP contribution in [0.4, 0.5) is 0 Å². The van der Waals surface area contributed by atoms with Crippen LogP contribution in [0, 0.1) is 6.92 Å². The van der Waals surface area contributed by atoms with Crippen LogP contribution in [0.3, 0.4) is 0 Å². The molecule has 1 aliphatic rings. The van der Waals surface area contributed by atoms with Crippen molar-refractivity contribution in [3.8, 4) is 22.6 Å². The molecule has 0 amide bonds. The zero-order valence-electron chi connectivity index (χ0n) is 17.6. The predicted molar refractivity (Wildman–Crippen MR) is 120 cm³/mol. The van der Waals surface area contributed by atoms with Crippen molar-refractivity contribution >= 4 is 11.0 Å². The highest BCUT2D eigenvalue weighted by molar-refractivity contribution is 5.96. The number of nitrogens with one attached hydrogen (secondary N) is 1. The lowest BCUT2D eigenvalue weighted by atomic mass is 9.97. The molecule has 1 unspecified atom stereocenters. The molecule has 0 radical (unpaired) electrons. The number of methoxy groups -OCH3 is 1. The minimum atomic E-state index is -0.350. The van der Waals surface area contributed by atoms with Gasteiger partial charge in [0.2, 0.25) is 6.73 Å². The molecule has 0 saturated carbocycles. The van der Waals surface area contributed by atoms with Gasteiger partial charge in [-0.1, -0.05) is 30.3 Å². The van der Waals surface area contributed by atoms with Crippen LogP contribution in [0.1, 0.15) is 16.7 Å². The van der Waals surface area contributed by atoms with Gasteiger partial charge in [0.05, 0.1) is 7.11 Å². The van der Waals surface area contributed by atoms with Crippen LogP contribution in [-0.2, 0) is 13.1 Å². The van der Waals surface area contributed by atoms with Crippen LogP contribution in [0.2, 0.25) is 0 Å². The standard InChI is InChI=1S/C26H23NO4/c1-17-25-20(15-27(16-30-25)14-18-8-10-21(29-2)11-9-18)12-23-22(13-24(28)31-26(17)23)19-6-4-3-5-7-19/h3-13H,14-16H2,1-2H3/p+1. The van der Waals surface area contributed by atoms with Crippen LogP contribution < -0.4 is 20.0 Å². The van der Waals surface area contributed by atoms with E-state index in [2.05, 4.69) is 18.2 Å². The number of fused-ring (bicyclic) bond motifs is 2. The molecule has 3 aromatic carbocycles. The molecule has 5 rings (SSSR count). The van der Waals surface area contributed by atoms with Gasteiger partial charge in [-0.15, -0.1) is 0 Å². The number of ether oxygens (including phenoxy) is 2. The van der Waals surface area contributed by atoms with Crippen molar-refractivity contribution in [1.82, 2.24) is 0 Å². The summed E-state index contributed by atoms with van der Waals surface area (Å²) in [7, 11) is 1.67. The van der Waals surface area contributed by atoms with Crippen molar-refractivity contribution in [3.05, 3.63) is 93.8 Å². The fourth-order valence-electron chi connectivity index (χ4n) is 4.34. The van der Waals surface area contributed by atoms with Crippen molar-refractivity contribution in [3.63, 3.8) is 0 Å². The van der Waals surface area contributed by atoms with Gasteiger partial charge in [-0.05, 0) is 48.4 Å². The van der Waals surface area contributed by atoms with E-state index < -0.39 is 0 Å². The van der Waals surface area contributed by atoms with E-state index in [1.165, 1.54) is 10.5 Å². The van der Waals surface area contributed by atoms with Crippen molar-refractivity contribution < 1.29 is 18.8 Å². The summed E-state index contributed by atoms with van der Waals surface area (Å²) in [6.45, 7) is 4.22. The molecular formula is C26H24NO4+. The maximum Gasteiger partial charge on any atom is 0.336 e. The molecule has 4 aromatic rings. The Hall–Kier alpha value is -3.57. The molecule has 0 fully saturated rings. The van der Waals surface area contributed by atoms with E-state index in [4.69, 9.17) is 13.9 Å². The Morgan fingerprint density at radius 3 is 2.55 bits per heavy atom. The first kappa shape index (κ1) is 19.4. The van der Waals surface area contributed by atoms with Crippen LogP contribution in [0.25, 0.3) is 22.1 Å². The van der Waals surface area contributed by atoms with Crippen molar-refractivity contribution in [2.75, 3.05) is 13.8 Å². The molecule has 0 saturated heterocycles. The molecule has 5 heteroatoms. The minimum absolute atomic E-state index is 0.350. The zero-order valence-corrected chi connectivity index (χ0v) is 17.6. The number of hydrogen-bond acceptors (Lipinski definition) is 4. The third-order valence-corrected chi connectivity index (χ3v) is 5.85. The summed E-state index contributed by atoms with van der Waals surface area (Å²) in [5.74, 6) is 1.69. The van der Waals surface area contributed by atoms with Crippen LogP contribution in [0.15, 0.2) is 75.9 Å². The second-order valence-electron chi connectivity index (χ2n) is 7.95. The van der Waals surface area contributed by atoms with E-state index in [0.29, 0.717) is 12.3 Å². The van der Waals surface area contributed by atoms with Crippen LogP contribution >= 0.6 is 0 Å². The van der Waals surface area contributed by atoms with E-state index in [1.807, 2.05) is 49.4 Å². The number of benzene rings is 3. The van der Waals surface area contributed by atoms with Crippen molar-refractivity contribution in [2.45, 2.75) is 20.0 Å². The summed E-state index contributed by atoms with van der Waals surface area (Å²) in [6, 6.07) is 21.8. The van der Waals surface area contributed by atoms with Crippen molar-refractivity contribution in [2.24, 2.45) is 0 Å². The Morgan fingerprint density at radius 1 is 1.03 bits per heavy atom. The van der Waals surface area contributed by atoms with Gasteiger partial charge in [-0.25, -0.2) is 4.79 Å². The third-order valence-electron chi connectivity index (χ3n) is 5.85. The van der Waals surface area contributed by atoms with Gasteiger partial charge in [0, 0.05) is 28.1 Å². The highest BCUT2D eigenvalue weighted by Crippen LogP contribution is 2.36. The number of hydrogen-bond donors (Lipinski definition) is 1. The second kappa shape index (κ2) is 7.93. The Labute approximate surface area is 180 Å². The summed E-state index contributed by atoms with van der Waals surface area (Å²) >= 11 is 0. The molecule has 1 aromatic heterocycles. The molecule has 31 heavy (non-hydrogen) atoms. The molecule has 156 valence electrons. The Morgan fingerprint density at radius 2 is 1.81 bits per heavy atom. The predicted octanol–water partition coefficient (Wildman–Crippen LogP) is 3.71. The topological polar surface area (TPSA) is 53.1 Å². The van der Waals surface area contributed by atoms with E-state index in [0.717, 1.165) is 52.2 Å². The highest BCUT2D eigenvalue weighted by Gasteiger charge is 2.25. The van der Waals surface area contributed by atoms with Gasteiger partial charge in [0.15, 0.2) is 0 Å². The molecule has 0 aliphatic carbocycles. The van der Waals surface area contributed by atoms with Gasteiger partial charge in [0.1, 0.15) is 30.2 Å². The Kier molecular flexibility index (Phi) is 4.96. The lowest BCUT2D eigenvalue weighted by molar-refractivity contribution is -0.945. The summed E-state index contributed by atoms with van der Waals surface area (Å²) < 4.78 is 17.0. The smallest absolute Gasteiger partial charge is 0.336 e. The lowest BCUT2D eigenvalue weighted by Gasteiger charge is -2.28.